The Hall–Kier alpha value is -3.63. The van der Waals surface area contributed by atoms with Crippen LogP contribution in [0.15, 0.2) is 30.7 Å². The quantitative estimate of drug-likeness (QED) is 0.296. The van der Waals surface area contributed by atoms with Crippen LogP contribution in [-0.2, 0) is 19.0 Å². The van der Waals surface area contributed by atoms with Gasteiger partial charge in [0.1, 0.15) is 35.7 Å². The molecule has 1 fully saturated rings. The minimum atomic E-state index is -1.31. The van der Waals surface area contributed by atoms with Gasteiger partial charge in [-0.25, -0.2) is 19.7 Å². The Balaban J connectivity index is 1.65. The Bertz CT molecular complexity index is 1200. The van der Waals surface area contributed by atoms with E-state index in [0.29, 0.717) is 47.1 Å². The number of aliphatic hydroxyl groups is 1. The molecule has 12 heteroatoms. The molecule has 1 aliphatic heterocycles. The maximum atomic E-state index is 11.7. The van der Waals surface area contributed by atoms with E-state index in [1.54, 1.807) is 36.0 Å². The van der Waals surface area contributed by atoms with Crippen molar-refractivity contribution in [2.45, 2.75) is 38.1 Å². The number of fused-ring (bicyclic) bond motifs is 1. The zero-order chi connectivity index (χ0) is 24.8. The van der Waals surface area contributed by atoms with E-state index in [9.17, 15) is 9.90 Å². The largest absolute Gasteiger partial charge is 0.463 e. The van der Waals surface area contributed by atoms with Crippen molar-refractivity contribution < 1.29 is 24.1 Å². The summed E-state index contributed by atoms with van der Waals surface area (Å²) in [5.41, 5.74) is 7.65. The van der Waals surface area contributed by atoms with E-state index in [-0.39, 0.29) is 19.3 Å². The van der Waals surface area contributed by atoms with Crippen molar-refractivity contribution in [1.29, 1.82) is 5.26 Å². The van der Waals surface area contributed by atoms with Crippen LogP contribution >= 0.6 is 0 Å². The first-order chi connectivity index (χ1) is 17.0. The second-order valence-corrected chi connectivity index (χ2v) is 7.95. The summed E-state index contributed by atoms with van der Waals surface area (Å²) in [5.74, 6) is 0.302. The van der Waals surface area contributed by atoms with E-state index >= 15 is 0 Å². The number of anilines is 1. The normalized spacial score (nSPS) is 15.9. The number of aliphatic hydroxyl groups excluding tert-OH is 1. The predicted octanol–water partition coefficient (Wildman–Crippen LogP) is 1.18. The van der Waals surface area contributed by atoms with Gasteiger partial charge in [0.25, 0.3) is 0 Å². The fraction of sp³-hybridized carbons (Fsp3) is 0.435. The standard InChI is InChI=1S/C23H27N7O5/c1-2-34-23(32)20(25)35-12-18(31)16-9-17-22(29-21(16)28-15-5-7-33-8-6-15)30(13-27-17)19-4-3-14(10-24)11-26-19/h3-4,9,11,13,15,18,20,31H,2,5-8,12,25H2,1H3,(H,28,29). The van der Waals surface area contributed by atoms with Crippen molar-refractivity contribution in [1.82, 2.24) is 19.5 Å². The SMILES string of the molecule is CCOC(=O)C(N)OCC(O)c1cc2ncn(-c3ccc(C#N)cn3)c2nc1NC1CCOCC1. The van der Waals surface area contributed by atoms with E-state index in [2.05, 4.69) is 15.3 Å². The summed E-state index contributed by atoms with van der Waals surface area (Å²) in [5, 5.41) is 23.4. The van der Waals surface area contributed by atoms with Gasteiger partial charge >= 0.3 is 5.97 Å². The summed E-state index contributed by atoms with van der Waals surface area (Å²) in [6.07, 6.45) is 2.19. The third-order valence-electron chi connectivity index (χ3n) is 5.55. The molecule has 0 radical (unpaired) electrons. The average Bonchev–Trinajstić information content (AvgIpc) is 3.30. The van der Waals surface area contributed by atoms with E-state index in [1.807, 2.05) is 6.07 Å². The van der Waals surface area contributed by atoms with Gasteiger partial charge in [0.2, 0.25) is 6.23 Å². The Morgan fingerprint density at radius 2 is 2.20 bits per heavy atom. The first kappa shape index (κ1) is 24.5. The molecule has 184 valence electrons. The van der Waals surface area contributed by atoms with Crippen LogP contribution in [0.2, 0.25) is 0 Å². The van der Waals surface area contributed by atoms with Crippen LogP contribution in [0.5, 0.6) is 0 Å². The van der Waals surface area contributed by atoms with Gasteiger partial charge in [0.15, 0.2) is 5.65 Å². The van der Waals surface area contributed by atoms with Crippen molar-refractivity contribution in [3.8, 4) is 11.9 Å². The second-order valence-electron chi connectivity index (χ2n) is 7.95. The third-order valence-corrected chi connectivity index (χ3v) is 5.55. The smallest absolute Gasteiger partial charge is 0.350 e. The molecule has 4 heterocycles. The monoisotopic (exact) mass is 481 g/mol. The van der Waals surface area contributed by atoms with Crippen LogP contribution in [0.4, 0.5) is 5.82 Å². The summed E-state index contributed by atoms with van der Waals surface area (Å²) in [7, 11) is 0. The molecule has 1 aliphatic rings. The summed E-state index contributed by atoms with van der Waals surface area (Å²) in [4.78, 5) is 25.2. The molecule has 3 aromatic rings. The average molecular weight is 482 g/mol. The molecule has 2 atom stereocenters. The van der Waals surface area contributed by atoms with Gasteiger partial charge in [-0.05, 0) is 38.0 Å². The molecular formula is C23H27N7O5. The van der Waals surface area contributed by atoms with Gasteiger partial charge < -0.3 is 24.6 Å². The molecule has 3 aromatic heterocycles. The highest BCUT2D eigenvalue weighted by molar-refractivity contribution is 5.77. The van der Waals surface area contributed by atoms with Gasteiger partial charge in [0, 0.05) is 31.0 Å². The Kier molecular flexibility index (Phi) is 7.84. The zero-order valence-corrected chi connectivity index (χ0v) is 19.3. The molecule has 4 N–H and O–H groups in total. The number of rotatable bonds is 9. The number of nitriles is 1. The highest BCUT2D eigenvalue weighted by Gasteiger charge is 2.24. The van der Waals surface area contributed by atoms with Crippen LogP contribution in [0.1, 0.15) is 37.0 Å². The predicted molar refractivity (Wildman–Crippen MR) is 124 cm³/mol. The van der Waals surface area contributed by atoms with Crippen LogP contribution in [-0.4, -0.2) is 69.3 Å². The van der Waals surface area contributed by atoms with Crippen LogP contribution in [0.3, 0.4) is 0 Å². The molecule has 0 amide bonds. The van der Waals surface area contributed by atoms with Gasteiger partial charge in [-0.15, -0.1) is 0 Å². The summed E-state index contributed by atoms with van der Waals surface area (Å²) in [6, 6.07) is 7.24. The van der Waals surface area contributed by atoms with Gasteiger partial charge in [0.05, 0.1) is 18.8 Å². The fourth-order valence-electron chi connectivity index (χ4n) is 3.70. The first-order valence-corrected chi connectivity index (χ1v) is 11.3. The van der Waals surface area contributed by atoms with Crippen molar-refractivity contribution in [2.75, 3.05) is 31.7 Å². The number of hydrogen-bond acceptors (Lipinski definition) is 11. The Morgan fingerprint density at radius 1 is 1.40 bits per heavy atom. The lowest BCUT2D eigenvalue weighted by atomic mass is 10.1. The van der Waals surface area contributed by atoms with Crippen LogP contribution in [0, 0.1) is 11.3 Å². The maximum Gasteiger partial charge on any atom is 0.350 e. The highest BCUT2D eigenvalue weighted by atomic mass is 16.6. The number of esters is 1. The van der Waals surface area contributed by atoms with Crippen molar-refractivity contribution >= 4 is 23.0 Å². The van der Waals surface area contributed by atoms with E-state index in [1.165, 1.54) is 6.20 Å². The lowest BCUT2D eigenvalue weighted by Crippen LogP contribution is -2.36. The van der Waals surface area contributed by atoms with Gasteiger partial charge in [-0.2, -0.15) is 5.26 Å². The van der Waals surface area contributed by atoms with Crippen molar-refractivity contribution in [3.05, 3.63) is 41.9 Å². The van der Waals surface area contributed by atoms with Crippen molar-refractivity contribution in [3.63, 3.8) is 0 Å². The number of carbonyl (C=O) groups excluding carboxylic acids is 1. The lowest BCUT2D eigenvalue weighted by Gasteiger charge is -2.26. The molecule has 0 aliphatic carbocycles. The number of carbonyl (C=O) groups is 1. The van der Waals surface area contributed by atoms with E-state index in [0.717, 1.165) is 12.8 Å². The summed E-state index contributed by atoms with van der Waals surface area (Å²) < 4.78 is 17.3. The molecule has 0 spiro atoms. The number of ether oxygens (including phenoxy) is 3. The topological polar surface area (TPSA) is 170 Å². The minimum absolute atomic E-state index is 0.103. The molecule has 12 nitrogen and oxygen atoms in total. The molecule has 2 unspecified atom stereocenters. The number of aromatic nitrogens is 4. The zero-order valence-electron chi connectivity index (χ0n) is 19.3. The van der Waals surface area contributed by atoms with Gasteiger partial charge in [-0.1, -0.05) is 0 Å². The lowest BCUT2D eigenvalue weighted by molar-refractivity contribution is -0.158. The molecule has 0 aromatic carbocycles. The summed E-state index contributed by atoms with van der Waals surface area (Å²) in [6.45, 7) is 2.86. The second kappa shape index (κ2) is 11.2. The van der Waals surface area contributed by atoms with E-state index < -0.39 is 18.3 Å². The van der Waals surface area contributed by atoms with E-state index in [4.69, 9.17) is 30.2 Å². The molecule has 0 bridgehead atoms. The van der Waals surface area contributed by atoms with Crippen LogP contribution in [0.25, 0.3) is 17.0 Å². The minimum Gasteiger partial charge on any atom is -0.463 e. The first-order valence-electron chi connectivity index (χ1n) is 11.3. The number of pyridine rings is 2. The fourth-order valence-corrected chi connectivity index (χ4v) is 3.70. The molecule has 1 saturated heterocycles. The molecule has 35 heavy (non-hydrogen) atoms. The Labute approximate surface area is 201 Å². The van der Waals surface area contributed by atoms with Crippen LogP contribution < -0.4 is 11.1 Å². The van der Waals surface area contributed by atoms with Gasteiger partial charge in [-0.3, -0.25) is 10.3 Å². The number of nitrogens with one attached hydrogen (secondary N) is 1. The number of nitrogens with two attached hydrogens (primary N) is 1. The third kappa shape index (κ3) is 5.72. The summed E-state index contributed by atoms with van der Waals surface area (Å²) >= 11 is 0. The molecule has 4 rings (SSSR count). The number of imidazole rings is 1. The maximum absolute atomic E-state index is 11.7. The number of hydrogen-bond donors (Lipinski definition) is 3. The Morgan fingerprint density at radius 3 is 2.89 bits per heavy atom. The molecular weight excluding hydrogens is 454 g/mol. The highest BCUT2D eigenvalue weighted by Crippen LogP contribution is 2.28. The van der Waals surface area contributed by atoms with Crippen molar-refractivity contribution in [2.24, 2.45) is 5.73 Å². The molecule has 0 saturated carbocycles. The number of nitrogens with zero attached hydrogens (tertiary/aromatic N) is 5.